The number of carbonyl (C=O) groups excluding carboxylic acids is 2. The van der Waals surface area contributed by atoms with Crippen LogP contribution in [0.1, 0.15) is 105 Å². The van der Waals surface area contributed by atoms with Gasteiger partial charge in [0.2, 0.25) is 5.91 Å². The van der Waals surface area contributed by atoms with Crippen molar-refractivity contribution in [2.45, 2.75) is 110 Å². The van der Waals surface area contributed by atoms with Crippen molar-refractivity contribution in [1.29, 1.82) is 0 Å². The molecule has 3 rings (SSSR count). The van der Waals surface area contributed by atoms with E-state index in [0.29, 0.717) is 11.3 Å². The topological polar surface area (TPSA) is 148 Å². The first-order valence-corrected chi connectivity index (χ1v) is 16.0. The molecule has 42 heavy (non-hydrogen) atoms. The van der Waals surface area contributed by atoms with Crippen molar-refractivity contribution in [2.24, 2.45) is 0 Å². The summed E-state index contributed by atoms with van der Waals surface area (Å²) in [4.78, 5) is 26.8. The number of hydrogen-bond donors (Lipinski definition) is 5. The van der Waals surface area contributed by atoms with E-state index in [-0.39, 0.29) is 25.0 Å². The highest BCUT2D eigenvalue weighted by molar-refractivity contribution is 7.13. The Balaban J connectivity index is 0.000000398. The lowest BCUT2D eigenvalue weighted by molar-refractivity contribution is -0.117. The molecule has 2 heterocycles. The van der Waals surface area contributed by atoms with Crippen molar-refractivity contribution in [3.05, 3.63) is 51.7 Å². The third-order valence-corrected chi connectivity index (χ3v) is 7.85. The van der Waals surface area contributed by atoms with Crippen LogP contribution in [-0.4, -0.2) is 75.5 Å². The minimum atomic E-state index is -1.47. The van der Waals surface area contributed by atoms with Gasteiger partial charge in [-0.1, -0.05) is 65.5 Å². The molecular weight excluding hydrogens is 558 g/mol. The van der Waals surface area contributed by atoms with Gasteiger partial charge in [-0.2, -0.15) is 0 Å². The predicted molar refractivity (Wildman–Crippen MR) is 167 cm³/mol. The second-order valence-electron chi connectivity index (χ2n) is 10.0. The number of rotatable bonds is 15. The van der Waals surface area contributed by atoms with Crippen molar-refractivity contribution in [3.8, 4) is 0 Å². The number of amides is 1. The maximum atomic E-state index is 11.8. The van der Waals surface area contributed by atoms with Gasteiger partial charge in [0.15, 0.2) is 0 Å². The van der Waals surface area contributed by atoms with Crippen LogP contribution < -0.4 is 4.90 Å². The predicted octanol–water partition coefficient (Wildman–Crippen LogP) is 4.78. The monoisotopic (exact) mass is 609 g/mol. The first-order chi connectivity index (χ1) is 20.2. The van der Waals surface area contributed by atoms with E-state index in [1.54, 1.807) is 6.07 Å². The number of aliphatic hydroxyl groups excluding tert-OH is 5. The zero-order chi connectivity index (χ0) is 31.5. The molecule has 0 saturated carbocycles. The van der Waals surface area contributed by atoms with E-state index in [1.165, 1.54) is 17.8 Å². The fourth-order valence-corrected chi connectivity index (χ4v) is 5.30. The van der Waals surface area contributed by atoms with Crippen LogP contribution in [-0.2, 0) is 16.0 Å². The second-order valence-corrected chi connectivity index (χ2v) is 11.2. The molecule has 238 valence electrons. The summed E-state index contributed by atoms with van der Waals surface area (Å²) >= 11 is 1.38. The number of aliphatic hydroxyl groups is 5. The van der Waals surface area contributed by atoms with Gasteiger partial charge in [-0.3, -0.25) is 4.79 Å². The molecule has 2 aromatic rings. The number of benzene rings is 1. The number of thiophene rings is 1. The highest BCUT2D eigenvalue weighted by Crippen LogP contribution is 2.25. The van der Waals surface area contributed by atoms with Gasteiger partial charge >= 0.3 is 5.97 Å². The van der Waals surface area contributed by atoms with Crippen molar-refractivity contribution in [1.82, 2.24) is 0 Å². The first kappa shape index (κ1) is 37.7. The fraction of sp³-hybridized carbons (Fsp3) is 0.625. The molecule has 0 radical (unpaired) electrons. The maximum Gasteiger partial charge on any atom is 0.348 e. The smallest absolute Gasteiger partial charge is 0.348 e. The Bertz CT molecular complexity index is 1010. The van der Waals surface area contributed by atoms with E-state index in [4.69, 9.17) is 9.84 Å². The average Bonchev–Trinajstić information content (AvgIpc) is 3.67. The van der Waals surface area contributed by atoms with Gasteiger partial charge in [-0.05, 0) is 49.1 Å². The summed E-state index contributed by atoms with van der Waals surface area (Å²) in [7, 11) is 0. The van der Waals surface area contributed by atoms with E-state index >= 15 is 0 Å². The molecule has 3 unspecified atom stereocenters. The van der Waals surface area contributed by atoms with Crippen LogP contribution in [0.15, 0.2) is 36.4 Å². The Morgan fingerprint density at radius 2 is 1.64 bits per heavy atom. The number of esters is 1. The summed E-state index contributed by atoms with van der Waals surface area (Å²) < 4.78 is 5.01. The standard InChI is InChI=1S/C16H23NO2.C14H22O6S.C2H6/c1-2-3-4-6-15(18)13-8-10-14(11-9-13)17-12-5-7-16(17)19;1-2-3-9-4-5-12(21-9)14(19)20-7-6-10(16)13(18)11(17)8-15;1-2/h8-11,15,18H,2-7,12H2,1H3;4-5,10-11,13,15-18H,2-3,6-8H2,1H3;1-2H3/t15-;;/m0../s1. The molecule has 1 aromatic carbocycles. The van der Waals surface area contributed by atoms with E-state index in [2.05, 4.69) is 13.8 Å². The highest BCUT2D eigenvalue weighted by Gasteiger charge is 2.24. The number of hydrogen-bond acceptors (Lipinski definition) is 9. The van der Waals surface area contributed by atoms with Crippen molar-refractivity contribution in [2.75, 3.05) is 24.7 Å². The SMILES string of the molecule is CC.CCCCC[C@H](O)c1ccc(N2CCCC2=O)cc1.CCCc1ccc(C(=O)OCCC(O)C(O)C(O)CO)s1. The van der Waals surface area contributed by atoms with Gasteiger partial charge in [0.05, 0.1) is 25.4 Å². The van der Waals surface area contributed by atoms with Crippen molar-refractivity contribution >= 4 is 28.9 Å². The highest BCUT2D eigenvalue weighted by atomic mass is 32.1. The number of carbonyl (C=O) groups is 2. The molecule has 9 nitrogen and oxygen atoms in total. The summed E-state index contributed by atoms with van der Waals surface area (Å²) in [5.74, 6) is -0.261. The van der Waals surface area contributed by atoms with E-state index < -0.39 is 30.9 Å². The Hall–Kier alpha value is -2.34. The Kier molecular flexibility index (Phi) is 19.2. The van der Waals surface area contributed by atoms with Crippen molar-refractivity contribution < 1.29 is 39.9 Å². The van der Waals surface area contributed by atoms with Gasteiger partial charge < -0.3 is 35.2 Å². The number of unbranched alkanes of at least 4 members (excludes halogenated alkanes) is 2. The maximum absolute atomic E-state index is 11.8. The van der Waals surface area contributed by atoms with Gasteiger partial charge in [0, 0.05) is 30.0 Å². The molecule has 1 aliphatic heterocycles. The molecule has 0 bridgehead atoms. The number of ether oxygens (including phenoxy) is 1. The fourth-order valence-electron chi connectivity index (χ4n) is 4.30. The molecule has 10 heteroatoms. The molecule has 1 saturated heterocycles. The van der Waals surface area contributed by atoms with Gasteiger partial charge in [-0.15, -0.1) is 11.3 Å². The molecule has 4 atom stereocenters. The average molecular weight is 610 g/mol. The molecular formula is C32H51NO8S. The van der Waals surface area contributed by atoms with E-state index in [1.807, 2.05) is 49.1 Å². The Labute approximate surface area is 254 Å². The second kappa shape index (κ2) is 21.4. The van der Waals surface area contributed by atoms with Crippen LogP contribution in [0.5, 0.6) is 0 Å². The molecule has 0 aliphatic carbocycles. The zero-order valence-corrected chi connectivity index (χ0v) is 26.4. The lowest BCUT2D eigenvalue weighted by Crippen LogP contribution is -2.40. The van der Waals surface area contributed by atoms with Crippen LogP contribution in [0, 0.1) is 0 Å². The summed E-state index contributed by atoms with van der Waals surface area (Å²) in [6.45, 7) is 8.32. The lowest BCUT2D eigenvalue weighted by Gasteiger charge is -2.21. The number of nitrogens with zero attached hydrogens (tertiary/aromatic N) is 1. The third-order valence-electron chi connectivity index (χ3n) is 6.73. The number of anilines is 1. The lowest BCUT2D eigenvalue weighted by atomic mass is 10.0. The van der Waals surface area contributed by atoms with Gasteiger partial charge in [-0.25, -0.2) is 4.79 Å². The summed E-state index contributed by atoms with van der Waals surface area (Å²) in [5, 5.41) is 46.9. The Morgan fingerprint density at radius 3 is 2.21 bits per heavy atom. The minimum absolute atomic E-state index is 0.0167. The largest absolute Gasteiger partial charge is 0.461 e. The Morgan fingerprint density at radius 1 is 0.952 bits per heavy atom. The molecule has 1 amide bonds. The van der Waals surface area contributed by atoms with E-state index in [9.17, 15) is 30.0 Å². The molecule has 1 fully saturated rings. The van der Waals surface area contributed by atoms with Crippen LogP contribution in [0.2, 0.25) is 0 Å². The normalized spacial score (nSPS) is 15.5. The molecule has 5 N–H and O–H groups in total. The van der Waals surface area contributed by atoms with Crippen molar-refractivity contribution in [3.63, 3.8) is 0 Å². The first-order valence-electron chi connectivity index (χ1n) is 15.2. The van der Waals surface area contributed by atoms with Crippen LogP contribution >= 0.6 is 11.3 Å². The summed E-state index contributed by atoms with van der Waals surface area (Å²) in [6, 6.07) is 11.4. The summed E-state index contributed by atoms with van der Waals surface area (Å²) in [5.41, 5.74) is 1.90. The molecule has 1 aliphatic rings. The molecule has 0 spiro atoms. The minimum Gasteiger partial charge on any atom is -0.461 e. The van der Waals surface area contributed by atoms with Gasteiger partial charge in [0.1, 0.15) is 17.1 Å². The number of aryl methyl sites for hydroxylation is 1. The van der Waals surface area contributed by atoms with E-state index in [0.717, 1.165) is 61.2 Å². The quantitative estimate of drug-likeness (QED) is 0.143. The molecule has 1 aromatic heterocycles. The summed E-state index contributed by atoms with van der Waals surface area (Å²) in [6.07, 6.45) is 3.19. The van der Waals surface area contributed by atoms with Crippen LogP contribution in [0.4, 0.5) is 5.69 Å². The van der Waals surface area contributed by atoms with Crippen LogP contribution in [0.3, 0.4) is 0 Å². The zero-order valence-electron chi connectivity index (χ0n) is 25.6. The van der Waals surface area contributed by atoms with Crippen LogP contribution in [0.25, 0.3) is 0 Å². The van der Waals surface area contributed by atoms with Gasteiger partial charge in [0.25, 0.3) is 0 Å². The third kappa shape index (κ3) is 12.9.